The molecule has 0 radical (unpaired) electrons. The Morgan fingerprint density at radius 2 is 1.35 bits per heavy atom. The molecule has 0 bridgehead atoms. The molecule has 3 amide bonds. The number of nitrogens with zero attached hydrogens (tertiary/aromatic N) is 1. The van der Waals surface area contributed by atoms with Gasteiger partial charge >= 0.3 is 5.97 Å². The Hall–Kier alpha value is -3.30. The van der Waals surface area contributed by atoms with Crippen LogP contribution in [0.15, 0.2) is 0 Å². The van der Waals surface area contributed by atoms with Crippen molar-refractivity contribution in [2.45, 2.75) is 171 Å². The summed E-state index contributed by atoms with van der Waals surface area (Å²) >= 11 is 0. The second-order valence-corrected chi connectivity index (χ2v) is 15.6. The monoisotopic (exact) mass is 895 g/mol. The van der Waals surface area contributed by atoms with Crippen molar-refractivity contribution in [2.75, 3.05) is 39.5 Å². The number of carboxylic acids is 1. The highest BCUT2D eigenvalue weighted by atomic mass is 16.8. The fourth-order valence-electron chi connectivity index (χ4n) is 7.18. The van der Waals surface area contributed by atoms with E-state index in [1.54, 1.807) is 6.92 Å². The maximum atomic E-state index is 12.6. The summed E-state index contributed by atoms with van der Waals surface area (Å²) in [7, 11) is 0. The molecule has 3 aliphatic rings. The molecule has 0 aromatic heterocycles. The molecule has 3 fully saturated rings. The summed E-state index contributed by atoms with van der Waals surface area (Å²) in [6, 6.07) is -1.41. The zero-order valence-electron chi connectivity index (χ0n) is 35.3. The summed E-state index contributed by atoms with van der Waals surface area (Å²) < 4.78 is 35.6. The zero-order valence-corrected chi connectivity index (χ0v) is 35.3. The number of carbonyl (C=O) groups excluding carboxylic acids is 5. The fourth-order valence-corrected chi connectivity index (χ4v) is 7.18. The van der Waals surface area contributed by atoms with Crippen LogP contribution in [0, 0.1) is 0 Å². The standard InChI is InChI=1S/C39H65N3O20/c1-4-42(17-29(51)52)28(50)13-12-23(47)16-40-27(49)11-6-5-9-22(46)10-7-8-14-57-39-37(61-30-15-24(48)32(53)20(2)58-30)36(34(55)26(19-44)60-39)62-38-31(41-21(3)45)35(56)33(54)25(18-43)59-38/h20,24-26,30-39,43-44,48,53-56H,4-19H2,1-3H3,(H,40,49)(H,41,45)(H,51,52)/t20?,24-,25?,26?,30+,31+,32-,33+,34+,35?,36?,37+,38-,39-/m1/s1. The van der Waals surface area contributed by atoms with Crippen LogP contribution in [0.5, 0.6) is 0 Å². The number of unbranched alkanes of at least 4 members (excludes halogenated alkanes) is 2. The maximum Gasteiger partial charge on any atom is 0.323 e. The van der Waals surface area contributed by atoms with Crippen molar-refractivity contribution in [2.24, 2.45) is 0 Å². The zero-order chi connectivity index (χ0) is 46.1. The molecule has 14 atom stereocenters. The van der Waals surface area contributed by atoms with Crippen molar-refractivity contribution in [1.82, 2.24) is 15.5 Å². The first-order valence-electron chi connectivity index (χ1n) is 21.0. The third-order valence-electron chi connectivity index (χ3n) is 10.7. The molecule has 62 heavy (non-hydrogen) atoms. The molecule has 0 aromatic rings. The van der Waals surface area contributed by atoms with Crippen LogP contribution in [-0.2, 0) is 57.2 Å². The molecule has 0 saturated carbocycles. The average Bonchev–Trinajstić information content (AvgIpc) is 3.22. The van der Waals surface area contributed by atoms with Gasteiger partial charge in [-0.3, -0.25) is 28.8 Å². The predicted molar refractivity (Wildman–Crippen MR) is 208 cm³/mol. The van der Waals surface area contributed by atoms with Gasteiger partial charge in [-0.1, -0.05) is 0 Å². The first-order valence-corrected chi connectivity index (χ1v) is 21.0. The predicted octanol–water partition coefficient (Wildman–Crippen LogP) is -3.65. The minimum atomic E-state index is -1.70. The van der Waals surface area contributed by atoms with Crippen molar-refractivity contribution in [3.8, 4) is 0 Å². The van der Waals surface area contributed by atoms with Crippen LogP contribution in [0.2, 0.25) is 0 Å². The number of aliphatic hydroxyl groups excluding tert-OH is 7. The number of ether oxygens (including phenoxy) is 6. The van der Waals surface area contributed by atoms with Gasteiger partial charge in [0.25, 0.3) is 0 Å². The van der Waals surface area contributed by atoms with Crippen LogP contribution < -0.4 is 10.6 Å². The van der Waals surface area contributed by atoms with Crippen LogP contribution in [0.3, 0.4) is 0 Å². The summed E-state index contributed by atoms with van der Waals surface area (Å²) in [5, 5.41) is 87.1. The molecule has 3 saturated heterocycles. The highest BCUT2D eigenvalue weighted by Crippen LogP contribution is 2.34. The number of aliphatic hydroxyl groups is 7. The number of ketones is 2. The summed E-state index contributed by atoms with van der Waals surface area (Å²) in [4.78, 5) is 73.1. The number of rotatable bonds is 26. The molecule has 0 spiro atoms. The van der Waals surface area contributed by atoms with Gasteiger partial charge in [0.05, 0.1) is 32.0 Å². The van der Waals surface area contributed by atoms with E-state index in [1.165, 1.54) is 6.92 Å². The molecule has 3 rings (SSSR count). The van der Waals surface area contributed by atoms with Gasteiger partial charge in [0.1, 0.15) is 67.2 Å². The minimum absolute atomic E-state index is 0.0276. The quantitative estimate of drug-likeness (QED) is 0.0374. The van der Waals surface area contributed by atoms with Gasteiger partial charge in [0, 0.05) is 58.6 Å². The number of carboxylic acid groups (broad SMARTS) is 1. The van der Waals surface area contributed by atoms with Gasteiger partial charge in [-0.15, -0.1) is 0 Å². The minimum Gasteiger partial charge on any atom is -0.480 e. The number of carbonyl (C=O) groups is 6. The van der Waals surface area contributed by atoms with Crippen LogP contribution in [0.4, 0.5) is 0 Å². The lowest BCUT2D eigenvalue weighted by Crippen LogP contribution is -2.68. The van der Waals surface area contributed by atoms with E-state index in [1.807, 2.05) is 0 Å². The Kier molecular flexibility index (Phi) is 22.7. The van der Waals surface area contributed by atoms with Gasteiger partial charge in [-0.05, 0) is 39.5 Å². The van der Waals surface area contributed by atoms with Crippen LogP contribution >= 0.6 is 0 Å². The molecule has 0 aromatic carbocycles. The molecule has 10 N–H and O–H groups in total. The number of amides is 3. The smallest absolute Gasteiger partial charge is 0.323 e. The number of hydrogen-bond acceptors (Lipinski definition) is 19. The number of nitrogens with one attached hydrogen (secondary N) is 2. The van der Waals surface area contributed by atoms with E-state index in [2.05, 4.69) is 10.6 Å². The molecule has 3 aliphatic heterocycles. The molecule has 0 aliphatic carbocycles. The maximum absolute atomic E-state index is 12.6. The first-order chi connectivity index (χ1) is 29.4. The lowest BCUT2D eigenvalue weighted by Gasteiger charge is -2.49. The largest absolute Gasteiger partial charge is 0.480 e. The van der Waals surface area contributed by atoms with E-state index in [-0.39, 0.29) is 69.8 Å². The molecule has 23 nitrogen and oxygen atoms in total. The SMILES string of the molecule is CCN(CC(=O)O)C(=O)CCC(=O)CNC(=O)CCCCC(=O)CCCCO[C@@H]1OC(CO)[C@H](O)C(O[C@H]2OC(CO)[C@H](O)C(O)[C@@H]2NC(C)=O)[C@@H]1O[C@H]1C[C@@H](O)[C@H](O)C(C)O1. The van der Waals surface area contributed by atoms with Crippen molar-refractivity contribution in [3.05, 3.63) is 0 Å². The Labute approximate surface area is 358 Å². The lowest BCUT2D eigenvalue weighted by atomic mass is 9.95. The van der Waals surface area contributed by atoms with E-state index in [4.69, 9.17) is 33.5 Å². The fraction of sp³-hybridized carbons (Fsp3) is 0.846. The van der Waals surface area contributed by atoms with Crippen molar-refractivity contribution in [3.63, 3.8) is 0 Å². The van der Waals surface area contributed by atoms with E-state index in [9.17, 15) is 64.5 Å². The highest BCUT2D eigenvalue weighted by Gasteiger charge is 2.53. The van der Waals surface area contributed by atoms with Crippen molar-refractivity contribution >= 4 is 35.3 Å². The number of likely N-dealkylation sites (N-methyl/N-ethyl adjacent to an activating group) is 1. The van der Waals surface area contributed by atoms with E-state index in [0.717, 1.165) is 11.8 Å². The summed E-state index contributed by atoms with van der Waals surface area (Å²) in [6.07, 6.45) is -16.8. The van der Waals surface area contributed by atoms with Gasteiger partial charge in [-0.2, -0.15) is 0 Å². The molecule has 23 heteroatoms. The van der Waals surface area contributed by atoms with Gasteiger partial charge in [-0.25, -0.2) is 0 Å². The van der Waals surface area contributed by atoms with E-state index < -0.39 is 129 Å². The molecule has 5 unspecified atom stereocenters. The second-order valence-electron chi connectivity index (χ2n) is 15.6. The van der Waals surface area contributed by atoms with Crippen molar-refractivity contribution in [1.29, 1.82) is 0 Å². The number of hydrogen-bond donors (Lipinski definition) is 10. The Morgan fingerprint density at radius 1 is 0.726 bits per heavy atom. The highest BCUT2D eigenvalue weighted by molar-refractivity contribution is 5.89. The number of Topliss-reactive ketones (excluding diaryl/α,β-unsaturated/α-hetero) is 2. The normalized spacial score (nSPS) is 32.4. The third kappa shape index (κ3) is 16.4. The first kappa shape index (κ1) is 53.0. The molecule has 356 valence electrons. The van der Waals surface area contributed by atoms with Crippen LogP contribution in [-0.4, -0.2) is 206 Å². The molecular formula is C39H65N3O20. The Morgan fingerprint density at radius 3 is 1.97 bits per heavy atom. The summed E-state index contributed by atoms with van der Waals surface area (Å²) in [5.41, 5.74) is 0. The van der Waals surface area contributed by atoms with Crippen LogP contribution in [0.25, 0.3) is 0 Å². The van der Waals surface area contributed by atoms with Crippen LogP contribution in [0.1, 0.15) is 85.0 Å². The van der Waals surface area contributed by atoms with Gasteiger partial charge < -0.3 is 84.8 Å². The summed E-state index contributed by atoms with van der Waals surface area (Å²) in [6.45, 7) is 2.20. The van der Waals surface area contributed by atoms with Crippen molar-refractivity contribution < 1.29 is 98.0 Å². The topological polar surface area (TPSA) is 347 Å². The Balaban J connectivity index is 1.53. The third-order valence-corrected chi connectivity index (χ3v) is 10.7. The van der Waals surface area contributed by atoms with E-state index in [0.29, 0.717) is 25.7 Å². The Bertz CT molecular complexity index is 1450. The summed E-state index contributed by atoms with van der Waals surface area (Å²) in [5.74, 6) is -3.11. The average molecular weight is 896 g/mol. The molecule has 3 heterocycles. The second kappa shape index (κ2) is 26.5. The number of aliphatic carboxylic acids is 1. The van der Waals surface area contributed by atoms with Gasteiger partial charge in [0.15, 0.2) is 24.7 Å². The molecular weight excluding hydrogens is 830 g/mol. The lowest BCUT2D eigenvalue weighted by molar-refractivity contribution is -0.375. The van der Waals surface area contributed by atoms with E-state index >= 15 is 0 Å². The van der Waals surface area contributed by atoms with Gasteiger partial charge in [0.2, 0.25) is 17.7 Å².